The maximum Gasteiger partial charge on any atom is 0.372 e. The minimum Gasteiger partial charge on any atom is -0.475 e. The van der Waals surface area contributed by atoms with Gasteiger partial charge in [0.2, 0.25) is 5.76 Å². The van der Waals surface area contributed by atoms with Crippen LogP contribution in [0.3, 0.4) is 0 Å². The number of furan rings is 2. The van der Waals surface area contributed by atoms with Gasteiger partial charge in [0.1, 0.15) is 17.3 Å². The fraction of sp³-hybridized carbons (Fsp3) is 0.400. The van der Waals surface area contributed by atoms with Crippen molar-refractivity contribution in [3.8, 4) is 0 Å². The molecule has 0 aromatic carbocycles. The number of hydrogen-bond acceptors (Lipinski definition) is 4. The Morgan fingerprint density at radius 1 is 1.30 bits per heavy atom. The zero-order chi connectivity index (χ0) is 14.9. The van der Waals surface area contributed by atoms with Crippen molar-refractivity contribution in [3.05, 3.63) is 46.3 Å². The maximum absolute atomic E-state index is 10.9. The lowest BCUT2D eigenvalue weighted by atomic mass is 10.1. The summed E-state index contributed by atoms with van der Waals surface area (Å²) in [5.74, 6) is 1.36. The van der Waals surface area contributed by atoms with E-state index >= 15 is 0 Å². The molecule has 0 saturated heterocycles. The molecule has 2 rings (SSSR count). The summed E-state index contributed by atoms with van der Waals surface area (Å²) in [5, 5.41) is 12.2. The van der Waals surface area contributed by atoms with E-state index in [-0.39, 0.29) is 11.8 Å². The summed E-state index contributed by atoms with van der Waals surface area (Å²) in [6.07, 6.45) is 0. The molecule has 0 spiro atoms. The predicted octanol–water partition coefficient (Wildman–Crippen LogP) is 3.35. The number of nitrogens with one attached hydrogen (secondary N) is 1. The number of aromatic carboxylic acids is 1. The molecular formula is C15H19NO4. The maximum atomic E-state index is 10.9. The molecule has 5 heteroatoms. The van der Waals surface area contributed by atoms with Crippen LogP contribution in [0.2, 0.25) is 0 Å². The highest BCUT2D eigenvalue weighted by Crippen LogP contribution is 2.22. The smallest absolute Gasteiger partial charge is 0.372 e. The summed E-state index contributed by atoms with van der Waals surface area (Å²) in [6.45, 7) is 8.08. The van der Waals surface area contributed by atoms with Gasteiger partial charge >= 0.3 is 5.97 Å². The van der Waals surface area contributed by atoms with E-state index in [1.165, 1.54) is 0 Å². The second kappa shape index (κ2) is 5.54. The number of carboxylic acid groups (broad SMARTS) is 1. The van der Waals surface area contributed by atoms with Gasteiger partial charge in [-0.1, -0.05) is 0 Å². The molecular weight excluding hydrogens is 258 g/mol. The molecule has 108 valence electrons. The topological polar surface area (TPSA) is 75.6 Å². The highest BCUT2D eigenvalue weighted by atomic mass is 16.4. The van der Waals surface area contributed by atoms with Crippen LogP contribution in [0.1, 0.15) is 51.9 Å². The standard InChI is InChI=1S/C15H19NO4/c1-8-5-12(20-14(8)15(17)18)7-16-10(3)13-6-9(2)19-11(13)4/h5-6,10,16H,7H2,1-4H3,(H,17,18). The molecule has 0 amide bonds. The van der Waals surface area contributed by atoms with Gasteiger partial charge in [0.25, 0.3) is 0 Å². The number of rotatable bonds is 5. The van der Waals surface area contributed by atoms with Gasteiger partial charge in [0.05, 0.1) is 6.54 Å². The van der Waals surface area contributed by atoms with Gasteiger partial charge in [-0.25, -0.2) is 4.79 Å². The number of carboxylic acids is 1. The first kappa shape index (κ1) is 14.4. The Labute approximate surface area is 117 Å². The van der Waals surface area contributed by atoms with Crippen LogP contribution in [0.25, 0.3) is 0 Å². The molecule has 0 bridgehead atoms. The van der Waals surface area contributed by atoms with Crippen molar-refractivity contribution >= 4 is 5.97 Å². The molecule has 0 fully saturated rings. The van der Waals surface area contributed by atoms with Crippen LogP contribution in [0.15, 0.2) is 21.0 Å². The minimum atomic E-state index is -1.04. The summed E-state index contributed by atoms with van der Waals surface area (Å²) < 4.78 is 10.8. The quantitative estimate of drug-likeness (QED) is 0.876. The molecule has 2 N–H and O–H groups in total. The number of carbonyl (C=O) groups is 1. The third-order valence-electron chi connectivity index (χ3n) is 3.29. The van der Waals surface area contributed by atoms with Gasteiger partial charge in [-0.2, -0.15) is 0 Å². The van der Waals surface area contributed by atoms with Crippen LogP contribution in [0, 0.1) is 20.8 Å². The molecule has 1 atom stereocenters. The van der Waals surface area contributed by atoms with Crippen molar-refractivity contribution in [1.29, 1.82) is 0 Å². The van der Waals surface area contributed by atoms with Crippen LogP contribution in [0.5, 0.6) is 0 Å². The Morgan fingerprint density at radius 2 is 2.00 bits per heavy atom. The number of aryl methyl sites for hydroxylation is 3. The van der Waals surface area contributed by atoms with Crippen LogP contribution in [-0.4, -0.2) is 11.1 Å². The molecule has 20 heavy (non-hydrogen) atoms. The van der Waals surface area contributed by atoms with Crippen molar-refractivity contribution in [2.24, 2.45) is 0 Å². The Morgan fingerprint density at radius 3 is 2.50 bits per heavy atom. The zero-order valence-electron chi connectivity index (χ0n) is 12.1. The molecule has 5 nitrogen and oxygen atoms in total. The summed E-state index contributed by atoms with van der Waals surface area (Å²) in [4.78, 5) is 10.9. The summed E-state index contributed by atoms with van der Waals surface area (Å²) in [5.41, 5.74) is 1.74. The van der Waals surface area contributed by atoms with Gasteiger partial charge < -0.3 is 19.3 Å². The Kier molecular flexibility index (Phi) is 3.99. The van der Waals surface area contributed by atoms with Crippen molar-refractivity contribution in [1.82, 2.24) is 5.32 Å². The first-order chi connectivity index (χ1) is 9.38. The van der Waals surface area contributed by atoms with E-state index in [1.807, 2.05) is 26.8 Å². The monoisotopic (exact) mass is 277 g/mol. The van der Waals surface area contributed by atoms with E-state index in [1.54, 1.807) is 13.0 Å². The largest absolute Gasteiger partial charge is 0.475 e. The highest BCUT2D eigenvalue weighted by molar-refractivity contribution is 5.86. The molecule has 1 unspecified atom stereocenters. The van der Waals surface area contributed by atoms with Gasteiger partial charge in [-0.3, -0.25) is 0 Å². The minimum absolute atomic E-state index is 0.00443. The third kappa shape index (κ3) is 2.93. The average molecular weight is 277 g/mol. The van der Waals surface area contributed by atoms with Crippen molar-refractivity contribution in [3.63, 3.8) is 0 Å². The molecule has 0 saturated carbocycles. The van der Waals surface area contributed by atoms with E-state index in [4.69, 9.17) is 13.9 Å². The molecule has 0 aliphatic heterocycles. The fourth-order valence-corrected chi connectivity index (χ4v) is 2.29. The third-order valence-corrected chi connectivity index (χ3v) is 3.29. The predicted molar refractivity (Wildman–Crippen MR) is 73.8 cm³/mol. The molecule has 2 aromatic rings. The molecule has 0 aliphatic carbocycles. The molecule has 2 aromatic heterocycles. The van der Waals surface area contributed by atoms with E-state index < -0.39 is 5.97 Å². The molecule has 0 aliphatic rings. The number of hydrogen-bond donors (Lipinski definition) is 2. The lowest BCUT2D eigenvalue weighted by Gasteiger charge is -2.11. The normalized spacial score (nSPS) is 12.6. The second-order valence-electron chi connectivity index (χ2n) is 5.00. The van der Waals surface area contributed by atoms with Crippen LogP contribution in [-0.2, 0) is 6.54 Å². The Bertz CT molecular complexity index is 624. The zero-order valence-corrected chi connectivity index (χ0v) is 12.1. The lowest BCUT2D eigenvalue weighted by molar-refractivity contribution is 0.0659. The highest BCUT2D eigenvalue weighted by Gasteiger charge is 2.16. The lowest BCUT2D eigenvalue weighted by Crippen LogP contribution is -2.17. The second-order valence-corrected chi connectivity index (χ2v) is 5.00. The first-order valence-corrected chi connectivity index (χ1v) is 6.51. The van der Waals surface area contributed by atoms with Crippen molar-refractivity contribution in [2.75, 3.05) is 0 Å². The van der Waals surface area contributed by atoms with E-state index in [2.05, 4.69) is 5.32 Å². The van der Waals surface area contributed by atoms with Crippen LogP contribution in [0.4, 0.5) is 0 Å². The summed E-state index contributed by atoms with van der Waals surface area (Å²) >= 11 is 0. The van der Waals surface area contributed by atoms with E-state index in [9.17, 15) is 4.79 Å². The summed E-state index contributed by atoms with van der Waals surface area (Å²) in [6, 6.07) is 3.85. The summed E-state index contributed by atoms with van der Waals surface area (Å²) in [7, 11) is 0. The van der Waals surface area contributed by atoms with Gasteiger partial charge in [-0.15, -0.1) is 0 Å². The molecule has 2 heterocycles. The SMILES string of the molecule is Cc1cc(C(C)NCc2cc(C)c(C(=O)O)o2)c(C)o1. The van der Waals surface area contributed by atoms with Gasteiger partial charge in [0, 0.05) is 17.2 Å². The van der Waals surface area contributed by atoms with E-state index in [0.29, 0.717) is 17.9 Å². The first-order valence-electron chi connectivity index (χ1n) is 6.51. The van der Waals surface area contributed by atoms with Crippen molar-refractivity contribution in [2.45, 2.75) is 40.3 Å². The van der Waals surface area contributed by atoms with Gasteiger partial charge in [0.15, 0.2) is 0 Å². The van der Waals surface area contributed by atoms with Crippen molar-refractivity contribution < 1.29 is 18.7 Å². The average Bonchev–Trinajstić information content (AvgIpc) is 2.89. The Balaban J connectivity index is 2.03. The van der Waals surface area contributed by atoms with Crippen LogP contribution >= 0.6 is 0 Å². The van der Waals surface area contributed by atoms with Gasteiger partial charge in [-0.05, 0) is 39.8 Å². The fourth-order valence-electron chi connectivity index (χ4n) is 2.29. The molecule has 0 radical (unpaired) electrons. The Hall–Kier alpha value is -2.01. The van der Waals surface area contributed by atoms with Crippen LogP contribution < -0.4 is 5.32 Å². The van der Waals surface area contributed by atoms with E-state index in [0.717, 1.165) is 17.1 Å².